The smallest absolute Gasteiger partial charge is 0.311 e. The van der Waals surface area contributed by atoms with Crippen LogP contribution in [0, 0.1) is 12.3 Å². The Bertz CT molecular complexity index is 1750. The molecule has 0 saturated carbocycles. The number of carbonyl (C=O) groups excluding carboxylic acids is 1. The molecule has 0 radical (unpaired) electrons. The molecule has 0 spiro atoms. The van der Waals surface area contributed by atoms with Crippen LogP contribution in [-0.4, -0.2) is 105 Å². The second-order valence-electron chi connectivity index (χ2n) is 14.9. The molecule has 0 bridgehead atoms. The Kier molecular flexibility index (Phi) is 14.9. The van der Waals surface area contributed by atoms with Gasteiger partial charge in [-0.2, -0.15) is 4.31 Å². The van der Waals surface area contributed by atoms with E-state index >= 15 is 0 Å². The van der Waals surface area contributed by atoms with E-state index in [0.29, 0.717) is 39.5 Å². The summed E-state index contributed by atoms with van der Waals surface area (Å²) < 4.78 is 64.6. The third-order valence-electron chi connectivity index (χ3n) is 10.5. The van der Waals surface area contributed by atoms with E-state index in [1.807, 2.05) is 45.0 Å². The number of carbonyl (C=O) groups is 1. The molecule has 1 saturated heterocycles. The number of piperidine rings is 1. The molecule has 3 aromatic rings. The predicted octanol–water partition coefficient (Wildman–Crippen LogP) is 6.16. The first kappa shape index (κ1) is 41.6. The first-order valence-corrected chi connectivity index (χ1v) is 20.3. The van der Waals surface area contributed by atoms with Gasteiger partial charge >= 0.3 is 5.97 Å². The van der Waals surface area contributed by atoms with Crippen LogP contribution in [0.4, 0.5) is 5.69 Å². The molecule has 2 aliphatic heterocycles. The van der Waals surface area contributed by atoms with Crippen LogP contribution in [0.1, 0.15) is 61.3 Å². The lowest BCUT2D eigenvalue weighted by molar-refractivity contribution is -0.152. The van der Waals surface area contributed by atoms with E-state index in [9.17, 15) is 13.2 Å². The zero-order chi connectivity index (χ0) is 38.7. The summed E-state index contributed by atoms with van der Waals surface area (Å²) in [5.41, 5.74) is 4.24. The van der Waals surface area contributed by atoms with Gasteiger partial charge in [0.05, 0.1) is 62.2 Å². The minimum absolute atomic E-state index is 0.120. The van der Waals surface area contributed by atoms with Crippen LogP contribution in [0.15, 0.2) is 71.6 Å². The number of methoxy groups -OCH3 is 3. The lowest BCUT2D eigenvalue weighted by atomic mass is 9.77. The second kappa shape index (κ2) is 19.4. The average Bonchev–Trinajstić information content (AvgIpc) is 3.17. The van der Waals surface area contributed by atoms with Gasteiger partial charge in [-0.25, -0.2) is 8.42 Å². The van der Waals surface area contributed by atoms with Crippen LogP contribution >= 0.6 is 0 Å². The van der Waals surface area contributed by atoms with Crippen molar-refractivity contribution in [1.29, 1.82) is 0 Å². The summed E-state index contributed by atoms with van der Waals surface area (Å²) in [5.74, 6) is 0.315. The molecule has 0 amide bonds. The van der Waals surface area contributed by atoms with Gasteiger partial charge in [-0.3, -0.25) is 4.79 Å². The number of sulfonamides is 1. The zero-order valence-corrected chi connectivity index (χ0v) is 33.6. The summed E-state index contributed by atoms with van der Waals surface area (Å²) in [5, 5.41) is 0. The number of ether oxygens (including phenoxy) is 6. The number of rotatable bonds is 19. The fourth-order valence-corrected chi connectivity index (χ4v) is 9.07. The van der Waals surface area contributed by atoms with Gasteiger partial charge in [-0.05, 0) is 87.4 Å². The SMILES string of the molecule is COCCCN1CCOc2ccc(CO[C@H]3CN(S(=O)(=O)c4ccc(C)cc4)[C@@H](CC(C)(C)C(=O)OC)C[C@@H]3c3ccc(CCOCCOC)cc3)cc21. The topological polar surface area (TPSA) is 113 Å². The first-order valence-electron chi connectivity index (χ1n) is 18.9. The standard InChI is InChI=1S/C42H58N2O9S/c1-31-8-15-36(16-9-31)54(46,47)44-29-40(53-30-33-12-17-39-38(26-33)43(20-23-52-39)19-7-21-48-4)37(27-35(44)28-42(2,3)41(45)50-6)34-13-10-32(11-14-34)18-22-51-25-24-49-5/h8-17,26,35,37,40H,7,18-25,27-30H2,1-6H3/t35-,37-,40+/m1/s1. The van der Waals surface area contributed by atoms with Crippen molar-refractivity contribution in [2.45, 2.75) is 76.0 Å². The van der Waals surface area contributed by atoms with Crippen molar-refractivity contribution >= 4 is 21.7 Å². The van der Waals surface area contributed by atoms with Crippen molar-refractivity contribution in [1.82, 2.24) is 4.31 Å². The Balaban J connectivity index is 1.46. The van der Waals surface area contributed by atoms with Crippen LogP contribution in [0.5, 0.6) is 5.75 Å². The quantitative estimate of drug-likeness (QED) is 0.104. The molecule has 296 valence electrons. The maximum absolute atomic E-state index is 14.5. The molecule has 11 nitrogen and oxygen atoms in total. The van der Waals surface area contributed by atoms with Gasteiger partial charge in [0, 0.05) is 45.9 Å². The highest BCUT2D eigenvalue weighted by Crippen LogP contribution is 2.42. The summed E-state index contributed by atoms with van der Waals surface area (Å²) >= 11 is 0. The number of fused-ring (bicyclic) bond motifs is 1. The normalized spacial score (nSPS) is 19.3. The van der Waals surface area contributed by atoms with Crippen LogP contribution < -0.4 is 9.64 Å². The monoisotopic (exact) mass is 766 g/mol. The zero-order valence-electron chi connectivity index (χ0n) is 32.8. The summed E-state index contributed by atoms with van der Waals surface area (Å²) in [6.07, 6.45) is 1.93. The van der Waals surface area contributed by atoms with Crippen LogP contribution in [0.2, 0.25) is 0 Å². The summed E-state index contributed by atoms with van der Waals surface area (Å²) in [4.78, 5) is 15.5. The van der Waals surface area contributed by atoms with E-state index in [0.717, 1.165) is 59.6 Å². The molecule has 5 rings (SSSR count). The van der Waals surface area contributed by atoms with Gasteiger partial charge in [0.2, 0.25) is 10.0 Å². The van der Waals surface area contributed by atoms with Gasteiger partial charge in [0.25, 0.3) is 0 Å². The van der Waals surface area contributed by atoms with E-state index in [1.54, 1.807) is 30.7 Å². The van der Waals surface area contributed by atoms with Gasteiger partial charge in [-0.1, -0.05) is 48.0 Å². The molecular formula is C42H58N2O9S. The number of nitrogens with zero attached hydrogens (tertiary/aromatic N) is 2. The maximum Gasteiger partial charge on any atom is 0.311 e. The lowest BCUT2D eigenvalue weighted by Gasteiger charge is -2.45. The van der Waals surface area contributed by atoms with Gasteiger partial charge in [0.1, 0.15) is 12.4 Å². The first-order chi connectivity index (χ1) is 26.0. The van der Waals surface area contributed by atoms with E-state index in [2.05, 4.69) is 35.2 Å². The highest BCUT2D eigenvalue weighted by molar-refractivity contribution is 7.89. The average molecular weight is 767 g/mol. The molecule has 0 unspecified atom stereocenters. The molecule has 3 aromatic carbocycles. The lowest BCUT2D eigenvalue weighted by Crippen LogP contribution is -2.54. The van der Waals surface area contributed by atoms with Crippen molar-refractivity contribution in [2.75, 3.05) is 78.9 Å². The molecule has 0 N–H and O–H groups in total. The third-order valence-corrected chi connectivity index (χ3v) is 12.4. The molecule has 3 atom stereocenters. The Morgan fingerprint density at radius 2 is 1.63 bits per heavy atom. The number of hydrogen-bond acceptors (Lipinski definition) is 10. The fourth-order valence-electron chi connectivity index (χ4n) is 7.42. The molecule has 0 aliphatic carbocycles. The van der Waals surface area contributed by atoms with Crippen molar-refractivity contribution in [2.24, 2.45) is 5.41 Å². The predicted molar refractivity (Wildman–Crippen MR) is 209 cm³/mol. The minimum Gasteiger partial charge on any atom is -0.490 e. The van der Waals surface area contributed by atoms with Crippen molar-refractivity contribution < 1.29 is 41.6 Å². The molecular weight excluding hydrogens is 709 g/mol. The van der Waals surface area contributed by atoms with Crippen molar-refractivity contribution in [3.8, 4) is 5.75 Å². The number of esters is 1. The second-order valence-corrected chi connectivity index (χ2v) is 16.8. The van der Waals surface area contributed by atoms with Gasteiger partial charge < -0.3 is 33.3 Å². The molecule has 2 aliphatic rings. The number of benzene rings is 3. The Morgan fingerprint density at radius 1 is 0.907 bits per heavy atom. The van der Waals surface area contributed by atoms with E-state index in [4.69, 9.17) is 28.4 Å². The summed E-state index contributed by atoms with van der Waals surface area (Å²) in [6, 6.07) is 21.0. The van der Waals surface area contributed by atoms with Crippen LogP contribution in [-0.2, 0) is 51.5 Å². The van der Waals surface area contributed by atoms with E-state index in [1.165, 1.54) is 7.11 Å². The fraction of sp³-hybridized carbons (Fsp3) is 0.548. The Labute approximate surface area is 321 Å². The highest BCUT2D eigenvalue weighted by atomic mass is 32.2. The molecule has 12 heteroatoms. The van der Waals surface area contributed by atoms with Gasteiger partial charge in [0.15, 0.2) is 0 Å². The molecule has 1 fully saturated rings. The molecule has 2 heterocycles. The Hall–Kier alpha value is -3.52. The third kappa shape index (κ3) is 10.6. The number of hydrogen-bond donors (Lipinski definition) is 0. The van der Waals surface area contributed by atoms with E-state index < -0.39 is 27.6 Å². The molecule has 0 aromatic heterocycles. The van der Waals surface area contributed by atoms with Crippen molar-refractivity contribution in [3.63, 3.8) is 0 Å². The van der Waals surface area contributed by atoms with Crippen molar-refractivity contribution in [3.05, 3.63) is 89.0 Å². The summed E-state index contributed by atoms with van der Waals surface area (Å²) in [6.45, 7) is 10.6. The minimum atomic E-state index is -3.96. The molecule has 54 heavy (non-hydrogen) atoms. The number of aryl methyl sites for hydroxylation is 1. The van der Waals surface area contributed by atoms with Crippen LogP contribution in [0.25, 0.3) is 0 Å². The van der Waals surface area contributed by atoms with E-state index in [-0.39, 0.29) is 36.4 Å². The maximum atomic E-state index is 14.5. The number of anilines is 1. The Morgan fingerprint density at radius 3 is 2.33 bits per heavy atom. The van der Waals surface area contributed by atoms with Crippen LogP contribution in [0.3, 0.4) is 0 Å². The largest absolute Gasteiger partial charge is 0.490 e. The highest BCUT2D eigenvalue weighted by Gasteiger charge is 2.46. The van der Waals surface area contributed by atoms with Gasteiger partial charge in [-0.15, -0.1) is 0 Å². The summed E-state index contributed by atoms with van der Waals surface area (Å²) in [7, 11) is 0.776.